The van der Waals surface area contributed by atoms with Crippen molar-refractivity contribution in [1.29, 1.82) is 0 Å². The summed E-state index contributed by atoms with van der Waals surface area (Å²) in [7, 11) is 1.99. The van der Waals surface area contributed by atoms with Crippen LogP contribution in [0.25, 0.3) is 0 Å². The van der Waals surface area contributed by atoms with Crippen LogP contribution in [-0.2, 0) is 0 Å². The lowest BCUT2D eigenvalue weighted by atomic mass is 10.1. The minimum absolute atomic E-state index is 0.0696. The van der Waals surface area contributed by atoms with Crippen LogP contribution in [-0.4, -0.2) is 47.0 Å². The van der Waals surface area contributed by atoms with Crippen LogP contribution >= 0.6 is 0 Å². The number of phenols is 1. The molecule has 0 bridgehead atoms. The Labute approximate surface area is 116 Å². The Kier molecular flexibility index (Phi) is 4.19. The van der Waals surface area contributed by atoms with Gasteiger partial charge in [0.05, 0.1) is 10.5 Å². The third-order valence-corrected chi connectivity index (χ3v) is 3.63. The summed E-state index contributed by atoms with van der Waals surface area (Å²) in [5.74, 6) is -1.08. The minimum atomic E-state index is -0.711. The number of rotatable bonds is 4. The number of likely N-dealkylation sites (N-methyl/N-ethyl adjacent to an activating group) is 1. The van der Waals surface area contributed by atoms with Crippen LogP contribution < -0.4 is 5.32 Å². The molecule has 1 aromatic carbocycles. The zero-order valence-electron chi connectivity index (χ0n) is 11.2. The molecule has 1 unspecified atom stereocenters. The van der Waals surface area contributed by atoms with Crippen molar-refractivity contribution in [2.75, 3.05) is 20.1 Å². The van der Waals surface area contributed by atoms with Gasteiger partial charge in [0, 0.05) is 18.7 Å². The Bertz CT molecular complexity index is 532. The highest BCUT2D eigenvalue weighted by Crippen LogP contribution is 2.29. The number of nitrogens with one attached hydrogen (secondary N) is 1. The molecular formula is C13H17N3O4. The van der Waals surface area contributed by atoms with E-state index in [0.29, 0.717) is 6.54 Å². The molecule has 1 aliphatic heterocycles. The van der Waals surface area contributed by atoms with Crippen LogP contribution in [0.15, 0.2) is 18.2 Å². The first kappa shape index (κ1) is 14.3. The van der Waals surface area contributed by atoms with Gasteiger partial charge in [-0.2, -0.15) is 0 Å². The number of phenolic OH excluding ortho intramolecular Hbond substituents is 1. The van der Waals surface area contributed by atoms with Crippen molar-refractivity contribution >= 4 is 11.6 Å². The van der Waals surface area contributed by atoms with E-state index in [0.717, 1.165) is 25.5 Å². The van der Waals surface area contributed by atoms with Crippen molar-refractivity contribution in [3.63, 3.8) is 0 Å². The van der Waals surface area contributed by atoms with Gasteiger partial charge in [0.15, 0.2) is 0 Å². The molecule has 2 N–H and O–H groups in total. The average Bonchev–Trinajstić information content (AvgIpc) is 2.81. The number of nitrogens with zero attached hydrogens (tertiary/aromatic N) is 2. The fraction of sp³-hybridized carbons (Fsp3) is 0.462. The van der Waals surface area contributed by atoms with Crippen molar-refractivity contribution in [3.8, 4) is 5.75 Å². The number of carbonyl (C=O) groups excluding carboxylic acids is 1. The standard InChI is InChI=1S/C13H17N3O4/c1-15-7-3-4-9(15)8-14-13(18)10-5-2-6-11(12(10)17)16(19)20/h2,5-6,9,17H,3-4,7-8H2,1H3,(H,14,18). The molecule has 7 nitrogen and oxygen atoms in total. The van der Waals surface area contributed by atoms with Gasteiger partial charge in [0.2, 0.25) is 5.75 Å². The van der Waals surface area contributed by atoms with E-state index in [-0.39, 0.29) is 11.6 Å². The van der Waals surface area contributed by atoms with E-state index in [1.165, 1.54) is 12.1 Å². The molecule has 7 heteroatoms. The highest BCUT2D eigenvalue weighted by atomic mass is 16.6. The lowest BCUT2D eigenvalue weighted by molar-refractivity contribution is -0.385. The third-order valence-electron chi connectivity index (χ3n) is 3.63. The molecule has 1 aromatic rings. The molecule has 0 aliphatic carbocycles. The van der Waals surface area contributed by atoms with Crippen LogP contribution in [0.2, 0.25) is 0 Å². The first-order valence-corrected chi connectivity index (χ1v) is 6.45. The summed E-state index contributed by atoms with van der Waals surface area (Å²) in [4.78, 5) is 24.2. The first-order chi connectivity index (χ1) is 9.50. The van der Waals surface area contributed by atoms with Gasteiger partial charge in [-0.1, -0.05) is 6.07 Å². The number of para-hydroxylation sites is 1. The Hall–Kier alpha value is -2.15. The maximum Gasteiger partial charge on any atom is 0.311 e. The predicted octanol–water partition coefficient (Wildman–Crippen LogP) is 1.12. The quantitative estimate of drug-likeness (QED) is 0.636. The molecule has 1 saturated heterocycles. The minimum Gasteiger partial charge on any atom is -0.502 e. The topological polar surface area (TPSA) is 95.7 Å². The van der Waals surface area contributed by atoms with Crippen LogP contribution in [0.3, 0.4) is 0 Å². The van der Waals surface area contributed by atoms with E-state index in [1.54, 1.807) is 0 Å². The molecule has 1 atom stereocenters. The SMILES string of the molecule is CN1CCCC1CNC(=O)c1cccc([N+](=O)[O-])c1O. The number of nitro groups is 1. The number of amides is 1. The van der Waals surface area contributed by atoms with Gasteiger partial charge in [0.1, 0.15) is 0 Å². The lowest BCUT2D eigenvalue weighted by Crippen LogP contribution is -2.38. The van der Waals surface area contributed by atoms with Gasteiger partial charge >= 0.3 is 5.69 Å². The number of hydrogen-bond donors (Lipinski definition) is 2. The Morgan fingerprint density at radius 2 is 2.35 bits per heavy atom. The summed E-state index contributed by atoms with van der Waals surface area (Å²) in [6, 6.07) is 4.20. The molecule has 0 radical (unpaired) electrons. The lowest BCUT2D eigenvalue weighted by Gasteiger charge is -2.19. The van der Waals surface area contributed by atoms with Crippen molar-refractivity contribution in [3.05, 3.63) is 33.9 Å². The highest BCUT2D eigenvalue weighted by Gasteiger charge is 2.24. The Balaban J connectivity index is 2.06. The first-order valence-electron chi connectivity index (χ1n) is 6.45. The average molecular weight is 279 g/mol. The van der Waals surface area contributed by atoms with Crippen molar-refractivity contribution in [2.45, 2.75) is 18.9 Å². The molecule has 0 saturated carbocycles. The van der Waals surface area contributed by atoms with Gasteiger partial charge in [0.25, 0.3) is 5.91 Å². The van der Waals surface area contributed by atoms with Crippen LogP contribution in [0.5, 0.6) is 5.75 Å². The van der Waals surface area contributed by atoms with Crippen LogP contribution in [0, 0.1) is 10.1 Å². The normalized spacial score (nSPS) is 18.9. The Morgan fingerprint density at radius 3 is 2.95 bits per heavy atom. The molecule has 108 valence electrons. The van der Waals surface area contributed by atoms with Gasteiger partial charge in [-0.3, -0.25) is 14.9 Å². The summed E-state index contributed by atoms with van der Waals surface area (Å²) in [5, 5.41) is 23.2. The van der Waals surface area contributed by atoms with Crippen molar-refractivity contribution < 1.29 is 14.8 Å². The smallest absolute Gasteiger partial charge is 0.311 e. The summed E-state index contributed by atoms with van der Waals surface area (Å²) >= 11 is 0. The molecule has 1 aliphatic rings. The maximum absolute atomic E-state index is 12.0. The van der Waals surface area contributed by atoms with E-state index < -0.39 is 22.3 Å². The van der Waals surface area contributed by atoms with Gasteiger partial charge < -0.3 is 15.3 Å². The number of benzene rings is 1. The van der Waals surface area contributed by atoms with E-state index >= 15 is 0 Å². The second kappa shape index (κ2) is 5.87. The number of hydrogen-bond acceptors (Lipinski definition) is 5. The zero-order chi connectivity index (χ0) is 14.7. The van der Waals surface area contributed by atoms with Crippen molar-refractivity contribution in [2.24, 2.45) is 0 Å². The van der Waals surface area contributed by atoms with Gasteiger partial charge in [-0.15, -0.1) is 0 Å². The summed E-state index contributed by atoms with van der Waals surface area (Å²) in [6.45, 7) is 1.47. The number of carbonyl (C=O) groups is 1. The molecule has 20 heavy (non-hydrogen) atoms. The summed E-state index contributed by atoms with van der Waals surface area (Å²) < 4.78 is 0. The highest BCUT2D eigenvalue weighted by molar-refractivity contribution is 5.98. The number of likely N-dealkylation sites (tertiary alicyclic amines) is 1. The zero-order valence-corrected chi connectivity index (χ0v) is 11.2. The monoisotopic (exact) mass is 279 g/mol. The molecule has 1 amide bonds. The van der Waals surface area contributed by atoms with Crippen LogP contribution in [0.1, 0.15) is 23.2 Å². The summed E-state index contributed by atoms with van der Waals surface area (Å²) in [5.41, 5.74) is -0.532. The molecule has 0 spiro atoms. The van der Waals surface area contributed by atoms with Crippen molar-refractivity contribution in [1.82, 2.24) is 10.2 Å². The molecule has 1 fully saturated rings. The molecule has 0 aromatic heterocycles. The summed E-state index contributed by atoms with van der Waals surface area (Å²) in [6.07, 6.45) is 2.11. The number of aromatic hydroxyl groups is 1. The molecule has 2 rings (SSSR count). The Morgan fingerprint density at radius 1 is 1.60 bits per heavy atom. The molecular weight excluding hydrogens is 262 g/mol. The van der Waals surface area contributed by atoms with E-state index in [9.17, 15) is 20.0 Å². The van der Waals surface area contributed by atoms with Crippen LogP contribution in [0.4, 0.5) is 5.69 Å². The second-order valence-electron chi connectivity index (χ2n) is 4.92. The third kappa shape index (κ3) is 2.88. The second-order valence-corrected chi connectivity index (χ2v) is 4.92. The fourth-order valence-electron chi connectivity index (χ4n) is 2.40. The predicted molar refractivity (Wildman–Crippen MR) is 72.7 cm³/mol. The maximum atomic E-state index is 12.0. The van der Waals surface area contributed by atoms with E-state index in [2.05, 4.69) is 10.2 Å². The fourth-order valence-corrected chi connectivity index (χ4v) is 2.40. The van der Waals surface area contributed by atoms with E-state index in [4.69, 9.17) is 0 Å². The molecule has 1 heterocycles. The van der Waals surface area contributed by atoms with Gasteiger partial charge in [-0.25, -0.2) is 0 Å². The largest absolute Gasteiger partial charge is 0.502 e. The van der Waals surface area contributed by atoms with E-state index in [1.807, 2.05) is 7.05 Å². The number of nitro benzene ring substituents is 1. The van der Waals surface area contributed by atoms with Gasteiger partial charge in [-0.05, 0) is 32.5 Å².